The van der Waals surface area contributed by atoms with Crippen LogP contribution >= 0.6 is 11.8 Å². The van der Waals surface area contributed by atoms with Gasteiger partial charge in [-0.25, -0.2) is 8.42 Å². The number of sulfonamides is 1. The van der Waals surface area contributed by atoms with E-state index in [-0.39, 0.29) is 10.8 Å². The molecular formula is C21H24N2O5S2. The smallest absolute Gasteiger partial charge is 0.243 e. The lowest BCUT2D eigenvalue weighted by Gasteiger charge is -2.43. The van der Waals surface area contributed by atoms with Crippen molar-refractivity contribution in [3.8, 4) is 11.5 Å². The number of amides is 1. The molecule has 0 bridgehead atoms. The van der Waals surface area contributed by atoms with E-state index in [1.54, 1.807) is 50.2 Å². The average Bonchev–Trinajstić information content (AvgIpc) is 3.09. The van der Waals surface area contributed by atoms with Crippen molar-refractivity contribution in [3.05, 3.63) is 48.5 Å². The second kappa shape index (κ2) is 8.13. The molecule has 2 fully saturated rings. The summed E-state index contributed by atoms with van der Waals surface area (Å²) in [6, 6.07) is 13.9. The summed E-state index contributed by atoms with van der Waals surface area (Å²) in [5, 5.41) is 0. The molecule has 2 aliphatic rings. The molecule has 0 atom stereocenters. The van der Waals surface area contributed by atoms with E-state index >= 15 is 0 Å². The lowest BCUT2D eigenvalue weighted by molar-refractivity contribution is -0.116. The molecule has 2 saturated heterocycles. The van der Waals surface area contributed by atoms with Gasteiger partial charge in [0.1, 0.15) is 11.5 Å². The van der Waals surface area contributed by atoms with Crippen molar-refractivity contribution in [3.63, 3.8) is 0 Å². The zero-order chi connectivity index (χ0) is 21.4. The molecule has 0 radical (unpaired) electrons. The van der Waals surface area contributed by atoms with Gasteiger partial charge in [0.2, 0.25) is 15.9 Å². The molecule has 2 heterocycles. The van der Waals surface area contributed by atoms with E-state index in [0.29, 0.717) is 37.4 Å². The Balaban J connectivity index is 1.53. The van der Waals surface area contributed by atoms with Crippen LogP contribution in [0.3, 0.4) is 0 Å². The molecule has 0 N–H and O–H groups in total. The van der Waals surface area contributed by atoms with E-state index in [0.717, 1.165) is 11.4 Å². The molecule has 160 valence electrons. The first kappa shape index (κ1) is 21.0. The highest BCUT2D eigenvalue weighted by Gasteiger charge is 2.50. The fraction of sp³-hybridized carbons (Fsp3) is 0.381. The number of anilines is 1. The molecule has 2 aromatic rings. The summed E-state index contributed by atoms with van der Waals surface area (Å²) in [4.78, 5) is 14.4. The van der Waals surface area contributed by atoms with E-state index in [2.05, 4.69) is 0 Å². The van der Waals surface area contributed by atoms with E-state index in [9.17, 15) is 13.2 Å². The number of carbonyl (C=O) groups excluding carboxylic acids is 1. The number of benzene rings is 2. The van der Waals surface area contributed by atoms with Crippen molar-refractivity contribution in [2.75, 3.05) is 38.0 Å². The summed E-state index contributed by atoms with van der Waals surface area (Å²) >= 11 is 1.61. The number of methoxy groups -OCH3 is 2. The molecule has 1 spiro atoms. The Morgan fingerprint density at radius 1 is 0.900 bits per heavy atom. The first-order chi connectivity index (χ1) is 14.4. The maximum atomic E-state index is 13.1. The van der Waals surface area contributed by atoms with Crippen molar-refractivity contribution in [2.24, 2.45) is 0 Å². The lowest BCUT2D eigenvalue weighted by atomic mass is 10.0. The van der Waals surface area contributed by atoms with Gasteiger partial charge in [0.15, 0.2) is 0 Å². The number of hydrogen-bond acceptors (Lipinski definition) is 6. The maximum Gasteiger partial charge on any atom is 0.243 e. The summed E-state index contributed by atoms with van der Waals surface area (Å²) in [5.74, 6) is 1.80. The van der Waals surface area contributed by atoms with Crippen molar-refractivity contribution < 1.29 is 22.7 Å². The lowest BCUT2D eigenvalue weighted by Crippen LogP contribution is -2.53. The van der Waals surface area contributed by atoms with Crippen molar-refractivity contribution in [2.45, 2.75) is 22.6 Å². The van der Waals surface area contributed by atoms with E-state index < -0.39 is 14.9 Å². The second-order valence-corrected chi connectivity index (χ2v) is 10.5. The van der Waals surface area contributed by atoms with Gasteiger partial charge in [-0.05, 0) is 61.4 Å². The van der Waals surface area contributed by atoms with E-state index in [1.165, 1.54) is 4.31 Å². The van der Waals surface area contributed by atoms with Crippen molar-refractivity contribution >= 4 is 33.4 Å². The third-order valence-electron chi connectivity index (χ3n) is 5.65. The molecule has 4 rings (SSSR count). The zero-order valence-corrected chi connectivity index (χ0v) is 18.5. The molecule has 7 nitrogen and oxygen atoms in total. The predicted octanol–water partition coefficient (Wildman–Crippen LogP) is 2.96. The van der Waals surface area contributed by atoms with Crippen LogP contribution in [0, 0.1) is 0 Å². The Labute approximate surface area is 181 Å². The maximum absolute atomic E-state index is 13.1. The number of hydrogen-bond donors (Lipinski definition) is 0. The molecule has 0 aromatic heterocycles. The highest BCUT2D eigenvalue weighted by Crippen LogP contribution is 2.47. The van der Waals surface area contributed by atoms with Crippen LogP contribution in [0.25, 0.3) is 0 Å². The summed E-state index contributed by atoms with van der Waals surface area (Å²) in [6.07, 6.45) is 1.15. The number of thioether (sulfide) groups is 1. The number of ether oxygens (including phenoxy) is 2. The van der Waals surface area contributed by atoms with Gasteiger partial charge in [0, 0.05) is 18.8 Å². The summed E-state index contributed by atoms with van der Waals surface area (Å²) < 4.78 is 38.0. The first-order valence-corrected chi connectivity index (χ1v) is 12.1. The average molecular weight is 449 g/mol. The molecule has 1 amide bonds. The molecule has 9 heteroatoms. The fourth-order valence-corrected chi connectivity index (χ4v) is 6.77. The van der Waals surface area contributed by atoms with Gasteiger partial charge in [-0.2, -0.15) is 4.31 Å². The normalized spacial score (nSPS) is 19.3. The van der Waals surface area contributed by atoms with Gasteiger partial charge < -0.3 is 9.47 Å². The van der Waals surface area contributed by atoms with Crippen LogP contribution in [0.4, 0.5) is 5.69 Å². The van der Waals surface area contributed by atoms with Crippen LogP contribution in [0.5, 0.6) is 11.5 Å². The van der Waals surface area contributed by atoms with Gasteiger partial charge in [-0.15, -0.1) is 11.8 Å². The van der Waals surface area contributed by atoms with Crippen LogP contribution in [0.15, 0.2) is 53.4 Å². The quantitative estimate of drug-likeness (QED) is 0.700. The third kappa shape index (κ3) is 3.66. The molecule has 2 aliphatic heterocycles. The van der Waals surface area contributed by atoms with Crippen LogP contribution in [-0.2, 0) is 14.8 Å². The number of rotatable bonds is 5. The Kier molecular flexibility index (Phi) is 5.69. The molecule has 2 aromatic carbocycles. The minimum absolute atomic E-state index is 0.0524. The van der Waals surface area contributed by atoms with Crippen LogP contribution < -0.4 is 14.4 Å². The highest BCUT2D eigenvalue weighted by atomic mass is 32.2. The molecular weight excluding hydrogens is 424 g/mol. The third-order valence-corrected chi connectivity index (χ3v) is 9.09. The monoisotopic (exact) mass is 448 g/mol. The van der Waals surface area contributed by atoms with Gasteiger partial charge in [0.05, 0.1) is 29.7 Å². The molecule has 0 aliphatic carbocycles. The van der Waals surface area contributed by atoms with Crippen molar-refractivity contribution in [1.82, 2.24) is 4.31 Å². The molecule has 0 unspecified atom stereocenters. The highest BCUT2D eigenvalue weighted by molar-refractivity contribution is 8.02. The Morgan fingerprint density at radius 2 is 1.43 bits per heavy atom. The standard InChI is InChI=1S/C21H24N2O5S2/c1-27-17-5-3-16(4-6-17)23-20(24)15-29-21(23)11-13-22(14-12-21)30(25,26)19-9-7-18(28-2)8-10-19/h3-10H,11-15H2,1-2H3. The molecule has 0 saturated carbocycles. The summed E-state index contributed by atoms with van der Waals surface area (Å²) in [5.41, 5.74) is 0.817. The van der Waals surface area contributed by atoms with E-state index in [4.69, 9.17) is 9.47 Å². The van der Waals surface area contributed by atoms with Gasteiger partial charge in [0.25, 0.3) is 0 Å². The van der Waals surface area contributed by atoms with Crippen LogP contribution in [-0.4, -0.2) is 56.6 Å². The topological polar surface area (TPSA) is 76.2 Å². The SMILES string of the molecule is COc1ccc(N2C(=O)CSC23CCN(S(=O)(=O)c2ccc(OC)cc2)CC3)cc1. The fourth-order valence-electron chi connectivity index (χ4n) is 4.00. The van der Waals surface area contributed by atoms with Gasteiger partial charge >= 0.3 is 0 Å². The number of piperidine rings is 1. The van der Waals surface area contributed by atoms with Gasteiger partial charge in [-0.3, -0.25) is 9.69 Å². The van der Waals surface area contributed by atoms with Crippen LogP contribution in [0.1, 0.15) is 12.8 Å². The Bertz CT molecular complexity index is 1010. The summed E-state index contributed by atoms with van der Waals surface area (Å²) in [7, 11) is -0.441. The van der Waals surface area contributed by atoms with Gasteiger partial charge in [-0.1, -0.05) is 0 Å². The number of carbonyl (C=O) groups is 1. The predicted molar refractivity (Wildman–Crippen MR) is 117 cm³/mol. The minimum Gasteiger partial charge on any atom is -0.497 e. The van der Waals surface area contributed by atoms with E-state index in [1.807, 2.05) is 29.2 Å². The summed E-state index contributed by atoms with van der Waals surface area (Å²) in [6.45, 7) is 0.725. The first-order valence-electron chi connectivity index (χ1n) is 9.65. The molecule has 30 heavy (non-hydrogen) atoms. The van der Waals surface area contributed by atoms with Crippen LogP contribution in [0.2, 0.25) is 0 Å². The Morgan fingerprint density at radius 3 is 1.97 bits per heavy atom. The van der Waals surface area contributed by atoms with Crippen molar-refractivity contribution in [1.29, 1.82) is 0 Å². The minimum atomic E-state index is -3.59. The second-order valence-electron chi connectivity index (χ2n) is 7.24. The largest absolute Gasteiger partial charge is 0.497 e. The zero-order valence-electron chi connectivity index (χ0n) is 16.9. The number of nitrogens with zero attached hydrogens (tertiary/aromatic N) is 2. The Hall–Kier alpha value is -2.23.